The summed E-state index contributed by atoms with van der Waals surface area (Å²) in [6, 6.07) is 1.88. The fourth-order valence-electron chi connectivity index (χ4n) is 1.20. The maximum Gasteiger partial charge on any atom is 0.509 e. The predicted molar refractivity (Wildman–Crippen MR) is 53.5 cm³/mol. The Balaban J connectivity index is 3.39. The Hall–Kier alpha value is -1.99. The quantitative estimate of drug-likeness (QED) is 0.644. The second kappa shape index (κ2) is 4.48. The van der Waals surface area contributed by atoms with Gasteiger partial charge in [-0.15, -0.1) is 5.46 Å². The van der Waals surface area contributed by atoms with Crippen LogP contribution in [0.1, 0.15) is 20.7 Å². The van der Waals surface area contributed by atoms with E-state index < -0.39 is 35.5 Å². The largest absolute Gasteiger partial charge is 0.509 e. The van der Waals surface area contributed by atoms with E-state index in [9.17, 15) is 22.5 Å². The molecule has 0 spiro atoms. The molecule has 8 heteroatoms. The number of hydrogen-bond donors (Lipinski definition) is 1. The topological polar surface area (TPSA) is 63.6 Å². The van der Waals surface area contributed by atoms with Crippen molar-refractivity contribution in [2.45, 2.75) is 0 Å². The first kappa shape index (κ1) is 13.1. The van der Waals surface area contributed by atoms with Crippen molar-refractivity contribution in [3.05, 3.63) is 29.3 Å². The summed E-state index contributed by atoms with van der Waals surface area (Å²) in [5.74, 6) is -2.56. The van der Waals surface area contributed by atoms with E-state index in [4.69, 9.17) is 5.11 Å². The third-order valence-corrected chi connectivity index (χ3v) is 2.00. The highest BCUT2D eigenvalue weighted by molar-refractivity contribution is 6.73. The van der Waals surface area contributed by atoms with Gasteiger partial charge in [-0.05, 0) is 6.07 Å². The lowest BCUT2D eigenvalue weighted by molar-refractivity contribution is 0.0601. The molecule has 0 aliphatic rings. The lowest BCUT2D eigenvalue weighted by atomic mass is 9.78. The van der Waals surface area contributed by atoms with Crippen molar-refractivity contribution in [3.8, 4) is 0 Å². The molecule has 17 heavy (non-hydrogen) atoms. The van der Waals surface area contributed by atoms with E-state index in [0.29, 0.717) is 12.1 Å². The molecule has 0 heterocycles. The first-order valence-electron chi connectivity index (χ1n) is 4.42. The lowest BCUT2D eigenvalue weighted by Gasteiger charge is -2.16. The van der Waals surface area contributed by atoms with Gasteiger partial charge in [-0.3, -0.25) is 0 Å². The van der Waals surface area contributed by atoms with Gasteiger partial charge in [0.05, 0.1) is 18.2 Å². The minimum Gasteiger partial charge on any atom is -0.478 e. The number of hydrogen-bond acceptors (Lipinski definition) is 3. The molecule has 1 rings (SSSR count). The molecule has 0 fully saturated rings. The number of carbonyl (C=O) groups is 2. The normalized spacial score (nSPS) is 11.1. The number of methoxy groups -OCH3 is 1. The molecule has 0 radical (unpaired) electrons. The van der Waals surface area contributed by atoms with E-state index in [1.54, 1.807) is 0 Å². The Morgan fingerprint density at radius 3 is 2.12 bits per heavy atom. The third-order valence-electron chi connectivity index (χ3n) is 2.00. The van der Waals surface area contributed by atoms with Crippen LogP contribution >= 0.6 is 0 Å². The number of aromatic carboxylic acids is 1. The second-order valence-corrected chi connectivity index (χ2v) is 3.22. The average molecular weight is 247 g/mol. The van der Waals surface area contributed by atoms with Crippen LogP contribution in [-0.2, 0) is 4.74 Å². The molecule has 0 aromatic heterocycles. The number of benzene rings is 1. The zero-order chi connectivity index (χ0) is 13.2. The Labute approximate surface area is 94.1 Å². The fraction of sp³-hybridized carbons (Fsp3) is 0.111. The van der Waals surface area contributed by atoms with Gasteiger partial charge < -0.3 is 22.8 Å². The van der Waals surface area contributed by atoms with Gasteiger partial charge in [0.2, 0.25) is 0 Å². The van der Waals surface area contributed by atoms with Crippen LogP contribution in [0.15, 0.2) is 18.2 Å². The molecular weight excluding hydrogens is 240 g/mol. The lowest BCUT2D eigenvalue weighted by Crippen LogP contribution is -2.35. The number of carboxylic acids is 1. The number of halogens is 3. The molecule has 1 aromatic rings. The van der Waals surface area contributed by atoms with E-state index in [1.807, 2.05) is 0 Å². The van der Waals surface area contributed by atoms with E-state index in [2.05, 4.69) is 4.74 Å². The van der Waals surface area contributed by atoms with Crippen molar-refractivity contribution in [1.82, 2.24) is 0 Å². The molecule has 92 valence electrons. The SMILES string of the molecule is COC(=O)c1cc(C(=O)O)cc([B-](F)(F)F)c1. The van der Waals surface area contributed by atoms with Crippen molar-refractivity contribution in [1.29, 1.82) is 0 Å². The molecule has 0 aliphatic carbocycles. The van der Waals surface area contributed by atoms with Gasteiger partial charge in [0.25, 0.3) is 0 Å². The number of carboxylic acid groups (broad SMARTS) is 1. The van der Waals surface area contributed by atoms with Crippen LogP contribution in [0.25, 0.3) is 0 Å². The maximum atomic E-state index is 12.5. The van der Waals surface area contributed by atoms with Crippen molar-refractivity contribution >= 4 is 24.4 Å². The van der Waals surface area contributed by atoms with Crippen LogP contribution in [0.5, 0.6) is 0 Å². The maximum absolute atomic E-state index is 12.5. The number of esters is 1. The summed E-state index contributed by atoms with van der Waals surface area (Å²) < 4.78 is 41.7. The molecule has 0 saturated heterocycles. The van der Waals surface area contributed by atoms with Crippen molar-refractivity contribution in [2.24, 2.45) is 0 Å². The highest BCUT2D eigenvalue weighted by atomic mass is 19.4. The monoisotopic (exact) mass is 247 g/mol. The van der Waals surface area contributed by atoms with Crippen LogP contribution in [-0.4, -0.2) is 31.1 Å². The zero-order valence-corrected chi connectivity index (χ0v) is 8.62. The predicted octanol–water partition coefficient (Wildman–Crippen LogP) is 1.23. The average Bonchev–Trinajstić information content (AvgIpc) is 2.26. The van der Waals surface area contributed by atoms with Gasteiger partial charge in [0, 0.05) is 0 Å². The fourth-order valence-corrected chi connectivity index (χ4v) is 1.20. The Kier molecular flexibility index (Phi) is 3.45. The minimum atomic E-state index is -5.38. The molecule has 4 nitrogen and oxygen atoms in total. The van der Waals surface area contributed by atoms with Gasteiger partial charge in [-0.1, -0.05) is 12.1 Å². The first-order chi connectivity index (χ1) is 7.75. The molecule has 0 atom stereocenters. The Morgan fingerprint density at radius 1 is 1.18 bits per heavy atom. The summed E-state index contributed by atoms with van der Waals surface area (Å²) in [5, 5.41) is 8.64. The van der Waals surface area contributed by atoms with E-state index in [1.165, 1.54) is 0 Å². The van der Waals surface area contributed by atoms with Crippen LogP contribution in [0, 0.1) is 0 Å². The minimum absolute atomic E-state index is 0.443. The Morgan fingerprint density at radius 2 is 1.71 bits per heavy atom. The number of carbonyl (C=O) groups excluding carboxylic acids is 1. The number of rotatable bonds is 3. The van der Waals surface area contributed by atoms with E-state index in [0.717, 1.165) is 13.2 Å². The van der Waals surface area contributed by atoms with Crippen LogP contribution in [0.2, 0.25) is 0 Å². The summed E-state index contributed by atoms with van der Waals surface area (Å²) in [4.78, 5) is 21.7. The van der Waals surface area contributed by atoms with Crippen LogP contribution in [0.3, 0.4) is 0 Å². The molecule has 0 saturated carbocycles. The van der Waals surface area contributed by atoms with Crippen molar-refractivity contribution < 1.29 is 32.4 Å². The third kappa shape index (κ3) is 2.99. The standard InChI is InChI=1S/C9H7BF3O4/c1-17-9(16)6-2-5(8(14)15)3-7(4-6)10(11,12)13/h2-4H,1H3,(H,14,15)/q-1. The first-order valence-corrected chi connectivity index (χ1v) is 4.42. The Bertz CT molecular complexity index is 470. The second-order valence-electron chi connectivity index (χ2n) is 3.22. The van der Waals surface area contributed by atoms with Gasteiger partial charge in [0.15, 0.2) is 0 Å². The van der Waals surface area contributed by atoms with Gasteiger partial charge >= 0.3 is 18.9 Å². The van der Waals surface area contributed by atoms with Crippen LogP contribution < -0.4 is 5.46 Å². The molecule has 0 bridgehead atoms. The molecule has 0 amide bonds. The van der Waals surface area contributed by atoms with E-state index in [-0.39, 0.29) is 0 Å². The smallest absolute Gasteiger partial charge is 0.478 e. The van der Waals surface area contributed by atoms with Gasteiger partial charge in [0.1, 0.15) is 0 Å². The number of ether oxygens (including phenoxy) is 1. The summed E-state index contributed by atoms with van der Waals surface area (Å²) in [7, 11) is 0.994. The summed E-state index contributed by atoms with van der Waals surface area (Å²) >= 11 is 0. The van der Waals surface area contributed by atoms with Crippen LogP contribution in [0.4, 0.5) is 12.9 Å². The molecule has 0 aliphatic heterocycles. The van der Waals surface area contributed by atoms with Crippen molar-refractivity contribution in [3.63, 3.8) is 0 Å². The molecule has 0 unspecified atom stereocenters. The highest BCUT2D eigenvalue weighted by Gasteiger charge is 2.28. The van der Waals surface area contributed by atoms with Crippen molar-refractivity contribution in [2.75, 3.05) is 7.11 Å². The molecule has 1 N–H and O–H groups in total. The van der Waals surface area contributed by atoms with Gasteiger partial charge in [-0.2, -0.15) is 0 Å². The summed E-state index contributed by atoms with van der Waals surface area (Å²) in [6.07, 6.45) is 0. The van der Waals surface area contributed by atoms with Gasteiger partial charge in [-0.25, -0.2) is 9.59 Å². The molecular formula is C9H7BF3O4-. The zero-order valence-electron chi connectivity index (χ0n) is 8.62. The van der Waals surface area contributed by atoms with E-state index >= 15 is 0 Å². The highest BCUT2D eigenvalue weighted by Crippen LogP contribution is 2.13. The summed E-state index contributed by atoms with van der Waals surface area (Å²) in [5.41, 5.74) is -2.20. The molecule has 1 aromatic carbocycles. The summed E-state index contributed by atoms with van der Waals surface area (Å²) in [6.45, 7) is -5.38.